The van der Waals surface area contributed by atoms with Gasteiger partial charge < -0.3 is 9.47 Å². The van der Waals surface area contributed by atoms with Gasteiger partial charge in [-0.15, -0.1) is 6.58 Å². The zero-order chi connectivity index (χ0) is 19.0. The van der Waals surface area contributed by atoms with E-state index in [2.05, 4.69) is 24.6 Å². The van der Waals surface area contributed by atoms with Crippen LogP contribution in [0.4, 0.5) is 0 Å². The normalized spacial score (nSPS) is 13.3. The zero-order valence-corrected chi connectivity index (χ0v) is 16.6. The molecule has 25 heavy (non-hydrogen) atoms. The summed E-state index contributed by atoms with van der Waals surface area (Å²) in [6.07, 6.45) is 11.0. The maximum atomic E-state index is 10.5. The lowest BCUT2D eigenvalue weighted by Gasteiger charge is -2.17. The van der Waals surface area contributed by atoms with E-state index in [1.807, 2.05) is 0 Å². The average Bonchev–Trinajstić information content (AvgIpc) is 2.52. The van der Waals surface area contributed by atoms with Gasteiger partial charge in [-0.25, -0.2) is 4.18 Å². The second-order valence-electron chi connectivity index (χ2n) is 6.66. The first-order valence-electron chi connectivity index (χ1n) is 9.27. The van der Waals surface area contributed by atoms with E-state index in [1.165, 1.54) is 32.1 Å². The molecule has 0 aliphatic carbocycles. The van der Waals surface area contributed by atoms with Crippen LogP contribution in [0.25, 0.3) is 0 Å². The molecule has 0 amide bonds. The molecule has 0 aromatic carbocycles. The Morgan fingerprint density at radius 2 is 1.60 bits per heavy atom. The molecule has 1 unspecified atom stereocenters. The van der Waals surface area contributed by atoms with Gasteiger partial charge >= 0.3 is 10.4 Å². The van der Waals surface area contributed by atoms with Crippen LogP contribution in [0.5, 0.6) is 0 Å². The Balaban J connectivity index is 3.80. The quantitative estimate of drug-likeness (QED) is 0.218. The maximum absolute atomic E-state index is 10.5. The van der Waals surface area contributed by atoms with Crippen LogP contribution in [0.3, 0.4) is 0 Å². The van der Waals surface area contributed by atoms with E-state index < -0.39 is 10.4 Å². The van der Waals surface area contributed by atoms with Crippen molar-refractivity contribution in [2.45, 2.75) is 71.3 Å². The summed E-state index contributed by atoms with van der Waals surface area (Å²) < 4.78 is 44.7. The van der Waals surface area contributed by atoms with Crippen molar-refractivity contribution in [1.29, 1.82) is 0 Å². The Kier molecular flexibility index (Phi) is 15.5. The molecule has 0 fully saturated rings. The number of unbranched alkanes of at least 4 members (excludes halogenated alkanes) is 5. The average molecular weight is 381 g/mol. The summed E-state index contributed by atoms with van der Waals surface area (Å²) in [5, 5.41) is 0. The van der Waals surface area contributed by atoms with Crippen molar-refractivity contribution in [2.75, 3.05) is 26.4 Å². The Morgan fingerprint density at radius 1 is 1.00 bits per heavy atom. The van der Waals surface area contributed by atoms with Crippen LogP contribution in [0.2, 0.25) is 0 Å². The van der Waals surface area contributed by atoms with Crippen LogP contribution in [-0.4, -0.2) is 45.5 Å². The minimum atomic E-state index is -4.41. The summed E-state index contributed by atoms with van der Waals surface area (Å²) in [6.45, 7) is 8.91. The fourth-order valence-corrected chi connectivity index (χ4v) is 2.76. The van der Waals surface area contributed by atoms with Crippen LogP contribution in [0.1, 0.15) is 65.2 Å². The topological polar surface area (TPSA) is 82.1 Å². The summed E-state index contributed by atoms with van der Waals surface area (Å²) in [5.74, 6) is 0.790. The highest BCUT2D eigenvalue weighted by Gasteiger charge is 2.11. The van der Waals surface area contributed by atoms with E-state index in [0.717, 1.165) is 25.2 Å². The first-order chi connectivity index (χ1) is 11.8. The lowest BCUT2D eigenvalue weighted by Crippen LogP contribution is -2.23. The van der Waals surface area contributed by atoms with Crippen LogP contribution >= 0.6 is 0 Å². The standard InChI is InChI=1S/C18H36O6S/c1-4-13-22-16-18(23-14-15-24-25(19,20)21)12-10-8-6-5-7-9-11-17(2)3/h4,17-18H,1,5-16H2,2-3H3,(H,19,20,21). The summed E-state index contributed by atoms with van der Waals surface area (Å²) >= 11 is 0. The van der Waals surface area contributed by atoms with Crippen LogP contribution in [0, 0.1) is 5.92 Å². The summed E-state index contributed by atoms with van der Waals surface area (Å²) in [7, 11) is -4.41. The van der Waals surface area contributed by atoms with Gasteiger partial charge in [-0.05, 0) is 12.3 Å². The van der Waals surface area contributed by atoms with E-state index >= 15 is 0 Å². The van der Waals surface area contributed by atoms with Gasteiger partial charge in [0.1, 0.15) is 0 Å². The second kappa shape index (κ2) is 15.8. The first-order valence-corrected chi connectivity index (χ1v) is 10.6. The molecule has 0 aromatic heterocycles. The first kappa shape index (κ1) is 24.5. The van der Waals surface area contributed by atoms with E-state index in [1.54, 1.807) is 6.08 Å². The van der Waals surface area contributed by atoms with Gasteiger partial charge in [-0.2, -0.15) is 8.42 Å². The van der Waals surface area contributed by atoms with Gasteiger partial charge in [0, 0.05) is 0 Å². The molecule has 6 nitrogen and oxygen atoms in total. The molecular formula is C18H36O6S. The van der Waals surface area contributed by atoms with Crippen molar-refractivity contribution >= 4 is 10.4 Å². The number of hydrogen-bond acceptors (Lipinski definition) is 5. The molecule has 0 spiro atoms. The third-order valence-electron chi connectivity index (χ3n) is 3.77. The zero-order valence-electron chi connectivity index (χ0n) is 15.8. The molecular weight excluding hydrogens is 344 g/mol. The predicted molar refractivity (Wildman–Crippen MR) is 100 cm³/mol. The van der Waals surface area contributed by atoms with E-state index in [-0.39, 0.29) is 19.3 Å². The molecule has 0 bridgehead atoms. The predicted octanol–water partition coefficient (Wildman–Crippen LogP) is 4.17. The van der Waals surface area contributed by atoms with Crippen LogP contribution in [0.15, 0.2) is 12.7 Å². The van der Waals surface area contributed by atoms with Gasteiger partial charge in [-0.3, -0.25) is 4.55 Å². The molecule has 0 aliphatic rings. The Labute approximate surface area is 153 Å². The third kappa shape index (κ3) is 19.7. The summed E-state index contributed by atoms with van der Waals surface area (Å²) in [5.41, 5.74) is 0. The fraction of sp³-hybridized carbons (Fsp3) is 0.889. The Bertz CT molecular complexity index is 408. The smallest absolute Gasteiger partial charge is 0.375 e. The lowest BCUT2D eigenvalue weighted by molar-refractivity contribution is -0.0246. The van der Waals surface area contributed by atoms with Gasteiger partial charge in [0.05, 0.1) is 32.5 Å². The molecule has 1 atom stereocenters. The maximum Gasteiger partial charge on any atom is 0.397 e. The largest absolute Gasteiger partial charge is 0.397 e. The fourth-order valence-electron chi connectivity index (χ4n) is 2.48. The molecule has 0 aliphatic heterocycles. The number of hydrogen-bond donors (Lipinski definition) is 1. The Morgan fingerprint density at radius 3 is 2.16 bits per heavy atom. The molecule has 150 valence electrons. The third-order valence-corrected chi connectivity index (χ3v) is 4.23. The van der Waals surface area contributed by atoms with Gasteiger partial charge in [0.2, 0.25) is 0 Å². The number of rotatable bonds is 18. The van der Waals surface area contributed by atoms with Gasteiger partial charge in [-0.1, -0.05) is 64.9 Å². The van der Waals surface area contributed by atoms with Gasteiger partial charge in [0.15, 0.2) is 0 Å². The van der Waals surface area contributed by atoms with Crippen LogP contribution in [-0.2, 0) is 24.1 Å². The van der Waals surface area contributed by atoms with Crippen molar-refractivity contribution < 1.29 is 26.6 Å². The summed E-state index contributed by atoms with van der Waals surface area (Å²) in [4.78, 5) is 0. The SMILES string of the molecule is C=CCOCC(CCCCCCCCC(C)C)OCCOS(=O)(=O)O. The number of ether oxygens (including phenoxy) is 2. The van der Waals surface area contributed by atoms with E-state index in [4.69, 9.17) is 14.0 Å². The highest BCUT2D eigenvalue weighted by atomic mass is 32.3. The Hall–Kier alpha value is -0.470. The molecule has 0 saturated heterocycles. The lowest BCUT2D eigenvalue weighted by atomic mass is 10.0. The molecule has 0 saturated carbocycles. The molecule has 0 rings (SSSR count). The molecule has 0 radical (unpaired) electrons. The second-order valence-corrected chi connectivity index (χ2v) is 7.75. The van der Waals surface area contributed by atoms with Crippen molar-refractivity contribution in [3.63, 3.8) is 0 Å². The van der Waals surface area contributed by atoms with Gasteiger partial charge in [0.25, 0.3) is 0 Å². The van der Waals surface area contributed by atoms with Crippen molar-refractivity contribution in [3.8, 4) is 0 Å². The van der Waals surface area contributed by atoms with Crippen molar-refractivity contribution in [3.05, 3.63) is 12.7 Å². The van der Waals surface area contributed by atoms with Crippen LogP contribution < -0.4 is 0 Å². The monoisotopic (exact) mass is 380 g/mol. The van der Waals surface area contributed by atoms with E-state index in [0.29, 0.717) is 13.2 Å². The minimum absolute atomic E-state index is 0.0944. The van der Waals surface area contributed by atoms with Crippen molar-refractivity contribution in [1.82, 2.24) is 0 Å². The summed E-state index contributed by atoms with van der Waals surface area (Å²) in [6, 6.07) is 0. The highest BCUT2D eigenvalue weighted by Crippen LogP contribution is 2.13. The molecule has 0 aromatic rings. The highest BCUT2D eigenvalue weighted by molar-refractivity contribution is 7.80. The van der Waals surface area contributed by atoms with E-state index in [9.17, 15) is 8.42 Å². The molecule has 7 heteroatoms. The van der Waals surface area contributed by atoms with Crippen molar-refractivity contribution in [2.24, 2.45) is 5.92 Å². The minimum Gasteiger partial charge on any atom is -0.375 e. The molecule has 1 N–H and O–H groups in total. The molecule has 0 heterocycles.